The molecule has 0 saturated carbocycles. The third-order valence-corrected chi connectivity index (χ3v) is 3.45. The molecule has 2 aromatic heterocycles. The summed E-state index contributed by atoms with van der Waals surface area (Å²) in [4.78, 5) is 12.1. The Bertz CT molecular complexity index is 1070. The first kappa shape index (κ1) is 13.0. The average molecular weight is 302 g/mol. The SMILES string of the molecule is N#Cc1c(=O)n(N)c(N)c2c(=N)oc3ccc(Cl)cc3c12. The van der Waals surface area contributed by atoms with Gasteiger partial charge in [0.25, 0.3) is 5.56 Å². The highest BCUT2D eigenvalue weighted by molar-refractivity contribution is 6.31. The number of nitrogen functional groups attached to an aromatic ring is 2. The highest BCUT2D eigenvalue weighted by Gasteiger charge is 2.18. The number of nitrogens with two attached hydrogens (primary N) is 2. The fourth-order valence-corrected chi connectivity index (χ4v) is 2.43. The van der Waals surface area contributed by atoms with E-state index in [4.69, 9.17) is 33.0 Å². The minimum Gasteiger partial charge on any atom is -0.438 e. The molecule has 0 aliphatic heterocycles. The van der Waals surface area contributed by atoms with Crippen LogP contribution in [0.3, 0.4) is 0 Å². The molecule has 7 nitrogen and oxygen atoms in total. The number of nitriles is 1. The molecule has 0 bridgehead atoms. The van der Waals surface area contributed by atoms with Crippen LogP contribution in [0.5, 0.6) is 0 Å². The lowest BCUT2D eigenvalue weighted by atomic mass is 10.0. The minimum absolute atomic E-state index is 0.100. The van der Waals surface area contributed by atoms with Crippen LogP contribution < -0.4 is 22.7 Å². The Morgan fingerprint density at radius 3 is 2.76 bits per heavy atom. The Labute approximate surface area is 122 Å². The summed E-state index contributed by atoms with van der Waals surface area (Å²) >= 11 is 5.95. The molecule has 0 spiro atoms. The molecule has 0 radical (unpaired) electrons. The first-order chi connectivity index (χ1) is 9.95. The maximum atomic E-state index is 12.1. The third-order valence-electron chi connectivity index (χ3n) is 3.21. The zero-order chi connectivity index (χ0) is 15.3. The molecule has 104 valence electrons. The van der Waals surface area contributed by atoms with Crippen molar-refractivity contribution >= 4 is 39.2 Å². The van der Waals surface area contributed by atoms with Crippen molar-refractivity contribution in [1.82, 2.24) is 4.68 Å². The van der Waals surface area contributed by atoms with Gasteiger partial charge in [0.2, 0.25) is 5.55 Å². The number of nitrogens with zero attached hydrogens (tertiary/aromatic N) is 2. The predicted molar refractivity (Wildman–Crippen MR) is 78.1 cm³/mol. The van der Waals surface area contributed by atoms with E-state index in [0.29, 0.717) is 20.7 Å². The standard InChI is InChI=1S/C13H8ClN5O2/c14-5-1-2-8-6(3-5)9-7(4-15)13(20)19(18)11(16)10(9)12(17)21-8/h1-3,17H,16,18H2. The lowest BCUT2D eigenvalue weighted by Gasteiger charge is -2.10. The molecule has 8 heteroatoms. The molecule has 0 saturated heterocycles. The highest BCUT2D eigenvalue weighted by Crippen LogP contribution is 2.28. The molecule has 0 aliphatic carbocycles. The number of pyridine rings is 1. The molecule has 0 amide bonds. The number of hydrogen-bond acceptors (Lipinski definition) is 6. The molecule has 21 heavy (non-hydrogen) atoms. The van der Waals surface area contributed by atoms with Gasteiger partial charge in [-0.25, -0.2) is 4.68 Å². The van der Waals surface area contributed by atoms with Gasteiger partial charge in [-0.3, -0.25) is 10.2 Å². The van der Waals surface area contributed by atoms with Gasteiger partial charge < -0.3 is 16.0 Å². The second kappa shape index (κ2) is 4.26. The summed E-state index contributed by atoms with van der Waals surface area (Å²) in [6, 6.07) is 6.49. The van der Waals surface area contributed by atoms with E-state index in [0.717, 1.165) is 0 Å². The lowest BCUT2D eigenvalue weighted by molar-refractivity contribution is 0.542. The average Bonchev–Trinajstić information content (AvgIpc) is 2.45. The van der Waals surface area contributed by atoms with E-state index in [9.17, 15) is 10.1 Å². The van der Waals surface area contributed by atoms with E-state index >= 15 is 0 Å². The minimum atomic E-state index is -0.741. The largest absolute Gasteiger partial charge is 0.438 e. The molecular weight excluding hydrogens is 294 g/mol. The summed E-state index contributed by atoms with van der Waals surface area (Å²) < 4.78 is 5.98. The number of anilines is 1. The van der Waals surface area contributed by atoms with E-state index in [1.165, 1.54) is 0 Å². The Kier molecular flexibility index (Phi) is 2.64. The normalized spacial score (nSPS) is 10.9. The van der Waals surface area contributed by atoms with Crippen LogP contribution in [0.25, 0.3) is 21.7 Å². The zero-order valence-electron chi connectivity index (χ0n) is 10.5. The van der Waals surface area contributed by atoms with Gasteiger partial charge >= 0.3 is 0 Å². The molecule has 1 aromatic carbocycles. The van der Waals surface area contributed by atoms with Crippen LogP contribution >= 0.6 is 11.6 Å². The summed E-state index contributed by atoms with van der Waals surface area (Å²) in [7, 11) is 0. The van der Waals surface area contributed by atoms with Gasteiger partial charge in [0.05, 0.1) is 5.39 Å². The molecule has 0 aliphatic rings. The summed E-state index contributed by atoms with van der Waals surface area (Å²) in [5, 5.41) is 18.3. The van der Waals surface area contributed by atoms with Crippen LogP contribution in [-0.4, -0.2) is 4.68 Å². The number of rotatable bonds is 0. The molecule has 2 heterocycles. The van der Waals surface area contributed by atoms with Gasteiger partial charge in [0, 0.05) is 15.8 Å². The summed E-state index contributed by atoms with van der Waals surface area (Å²) in [6.45, 7) is 0. The van der Waals surface area contributed by atoms with Crippen LogP contribution in [-0.2, 0) is 0 Å². The first-order valence-electron chi connectivity index (χ1n) is 5.76. The number of hydrogen-bond donors (Lipinski definition) is 3. The maximum Gasteiger partial charge on any atom is 0.289 e. The monoisotopic (exact) mass is 301 g/mol. The van der Waals surface area contributed by atoms with Crippen molar-refractivity contribution in [2.24, 2.45) is 0 Å². The molecule has 3 rings (SSSR count). The summed E-state index contributed by atoms with van der Waals surface area (Å²) in [5.74, 6) is 5.40. The predicted octanol–water partition coefficient (Wildman–Crippen LogP) is 1.05. The van der Waals surface area contributed by atoms with E-state index in [-0.39, 0.29) is 27.7 Å². The van der Waals surface area contributed by atoms with Gasteiger partial charge in [-0.2, -0.15) is 5.26 Å². The first-order valence-corrected chi connectivity index (χ1v) is 6.14. The lowest BCUT2D eigenvalue weighted by Crippen LogP contribution is -2.32. The second-order valence-electron chi connectivity index (χ2n) is 4.37. The van der Waals surface area contributed by atoms with Crippen LogP contribution in [0.4, 0.5) is 5.82 Å². The van der Waals surface area contributed by atoms with Gasteiger partial charge in [-0.15, -0.1) is 0 Å². The van der Waals surface area contributed by atoms with E-state index in [2.05, 4.69) is 0 Å². The van der Waals surface area contributed by atoms with Crippen LogP contribution in [0.1, 0.15) is 5.56 Å². The number of benzene rings is 1. The van der Waals surface area contributed by atoms with Crippen molar-refractivity contribution < 1.29 is 4.42 Å². The Balaban J connectivity index is 2.83. The van der Waals surface area contributed by atoms with E-state index in [1.54, 1.807) is 18.2 Å². The third kappa shape index (κ3) is 1.67. The topological polar surface area (TPSA) is 135 Å². The summed E-state index contributed by atoms with van der Waals surface area (Å²) in [5.41, 5.74) is 4.87. The van der Waals surface area contributed by atoms with Gasteiger partial charge in [-0.05, 0) is 18.2 Å². The molecule has 0 atom stereocenters. The van der Waals surface area contributed by atoms with Gasteiger partial charge in [0.15, 0.2) is 0 Å². The van der Waals surface area contributed by atoms with Crippen molar-refractivity contribution in [2.75, 3.05) is 11.6 Å². The molecule has 0 unspecified atom stereocenters. The highest BCUT2D eigenvalue weighted by atomic mass is 35.5. The van der Waals surface area contributed by atoms with Crippen molar-refractivity contribution in [3.8, 4) is 6.07 Å². The number of halogens is 1. The van der Waals surface area contributed by atoms with Gasteiger partial charge in [0.1, 0.15) is 23.0 Å². The van der Waals surface area contributed by atoms with Crippen molar-refractivity contribution in [2.45, 2.75) is 0 Å². The quantitative estimate of drug-likeness (QED) is 0.421. The van der Waals surface area contributed by atoms with Crippen molar-refractivity contribution in [1.29, 1.82) is 10.7 Å². The molecule has 3 aromatic rings. The van der Waals surface area contributed by atoms with Crippen LogP contribution in [0.15, 0.2) is 27.4 Å². The number of nitrogens with one attached hydrogen (secondary N) is 1. The van der Waals surface area contributed by atoms with Crippen LogP contribution in [0.2, 0.25) is 5.02 Å². The van der Waals surface area contributed by atoms with Crippen molar-refractivity contribution in [3.05, 3.63) is 44.7 Å². The Morgan fingerprint density at radius 1 is 1.38 bits per heavy atom. The Hall–Kier alpha value is -2.98. The molecule has 0 fully saturated rings. The fraction of sp³-hybridized carbons (Fsp3) is 0. The van der Waals surface area contributed by atoms with E-state index in [1.807, 2.05) is 6.07 Å². The summed E-state index contributed by atoms with van der Waals surface area (Å²) in [6.07, 6.45) is 0. The maximum absolute atomic E-state index is 12.1. The molecule has 5 N–H and O–H groups in total. The number of fused-ring (bicyclic) bond motifs is 3. The Morgan fingerprint density at radius 2 is 2.10 bits per heavy atom. The fourth-order valence-electron chi connectivity index (χ4n) is 2.26. The number of aromatic nitrogens is 1. The molecular formula is C13H8ClN5O2. The van der Waals surface area contributed by atoms with Crippen molar-refractivity contribution in [3.63, 3.8) is 0 Å². The second-order valence-corrected chi connectivity index (χ2v) is 4.81. The van der Waals surface area contributed by atoms with E-state index < -0.39 is 5.56 Å². The van der Waals surface area contributed by atoms with Gasteiger partial charge in [-0.1, -0.05) is 11.6 Å². The zero-order valence-corrected chi connectivity index (χ0v) is 11.2. The van der Waals surface area contributed by atoms with Crippen LogP contribution in [0, 0.1) is 16.7 Å². The smallest absolute Gasteiger partial charge is 0.289 e.